The van der Waals surface area contributed by atoms with Crippen LogP contribution in [0.25, 0.3) is 11.4 Å². The maximum Gasteiger partial charge on any atom is 0.255 e. The summed E-state index contributed by atoms with van der Waals surface area (Å²) in [4.78, 5) is 26.3. The van der Waals surface area contributed by atoms with E-state index >= 15 is 0 Å². The molecule has 5 nitrogen and oxygen atoms in total. The van der Waals surface area contributed by atoms with Gasteiger partial charge in [-0.05, 0) is 47.2 Å². The van der Waals surface area contributed by atoms with E-state index in [4.69, 9.17) is 0 Å². The lowest BCUT2D eigenvalue weighted by atomic mass is 9.86. The molecule has 1 heterocycles. The Hall–Kier alpha value is -3.86. The minimum atomic E-state index is -0.142. The average Bonchev–Trinajstić information content (AvgIpc) is 2.81. The number of nitrogens with zero attached hydrogens (tertiary/aromatic N) is 3. The predicted octanol–water partition coefficient (Wildman–Crippen LogP) is 5.99. The molecule has 0 unspecified atom stereocenters. The summed E-state index contributed by atoms with van der Waals surface area (Å²) in [6.07, 6.45) is 2.18. The normalized spacial score (nSPS) is 11.3. The molecular weight excluding hydrogens is 408 g/mol. The summed E-state index contributed by atoms with van der Waals surface area (Å²) in [6, 6.07) is 23.6. The van der Waals surface area contributed by atoms with Crippen molar-refractivity contribution in [3.8, 4) is 11.4 Å². The van der Waals surface area contributed by atoms with Gasteiger partial charge in [-0.1, -0.05) is 75.4 Å². The van der Waals surface area contributed by atoms with Gasteiger partial charge in [-0.25, -0.2) is 15.0 Å². The molecule has 33 heavy (non-hydrogen) atoms. The van der Waals surface area contributed by atoms with Gasteiger partial charge < -0.3 is 5.32 Å². The molecule has 0 bridgehead atoms. The van der Waals surface area contributed by atoms with E-state index in [-0.39, 0.29) is 11.3 Å². The van der Waals surface area contributed by atoms with E-state index in [0.29, 0.717) is 23.6 Å². The van der Waals surface area contributed by atoms with Crippen molar-refractivity contribution in [3.05, 3.63) is 107 Å². The first-order chi connectivity index (χ1) is 15.8. The molecule has 1 aromatic heterocycles. The van der Waals surface area contributed by atoms with E-state index < -0.39 is 0 Å². The molecule has 5 heteroatoms. The Bertz CT molecular complexity index is 1260. The molecular formula is C28H28N4O. The van der Waals surface area contributed by atoms with E-state index in [2.05, 4.69) is 53.2 Å². The monoisotopic (exact) mass is 436 g/mol. The molecule has 1 amide bonds. The minimum Gasteiger partial charge on any atom is -0.322 e. The van der Waals surface area contributed by atoms with Crippen molar-refractivity contribution in [2.24, 2.45) is 0 Å². The quantitative estimate of drug-likeness (QED) is 0.417. The van der Waals surface area contributed by atoms with Gasteiger partial charge in [0.05, 0.1) is 0 Å². The Morgan fingerprint density at radius 2 is 1.61 bits per heavy atom. The van der Waals surface area contributed by atoms with Gasteiger partial charge in [-0.3, -0.25) is 4.79 Å². The molecule has 0 fully saturated rings. The van der Waals surface area contributed by atoms with Crippen molar-refractivity contribution in [1.29, 1.82) is 0 Å². The highest BCUT2D eigenvalue weighted by molar-refractivity contribution is 6.05. The summed E-state index contributed by atoms with van der Waals surface area (Å²) in [5.74, 6) is 1.16. The van der Waals surface area contributed by atoms with Gasteiger partial charge in [0.1, 0.15) is 12.2 Å². The Morgan fingerprint density at radius 1 is 0.879 bits per heavy atom. The fraction of sp³-hybridized carbons (Fsp3) is 0.214. The predicted molar refractivity (Wildman–Crippen MR) is 132 cm³/mol. The van der Waals surface area contributed by atoms with Crippen molar-refractivity contribution in [3.63, 3.8) is 0 Å². The summed E-state index contributed by atoms with van der Waals surface area (Å²) >= 11 is 0. The second-order valence-electron chi connectivity index (χ2n) is 9.15. The molecule has 1 N–H and O–H groups in total. The lowest BCUT2D eigenvalue weighted by Gasteiger charge is -2.19. The van der Waals surface area contributed by atoms with E-state index in [0.717, 1.165) is 22.4 Å². The van der Waals surface area contributed by atoms with Crippen molar-refractivity contribution in [2.75, 3.05) is 5.32 Å². The van der Waals surface area contributed by atoms with Crippen molar-refractivity contribution in [2.45, 2.75) is 39.5 Å². The molecule has 0 spiro atoms. The molecule has 0 saturated heterocycles. The van der Waals surface area contributed by atoms with Crippen LogP contribution in [0, 0.1) is 6.92 Å². The summed E-state index contributed by atoms with van der Waals surface area (Å²) in [5, 5.41) is 3.04. The molecule has 0 aliphatic rings. The van der Waals surface area contributed by atoms with Gasteiger partial charge in [0, 0.05) is 23.2 Å². The van der Waals surface area contributed by atoms with Crippen molar-refractivity contribution in [1.82, 2.24) is 15.0 Å². The van der Waals surface area contributed by atoms with Crippen LogP contribution in [0.3, 0.4) is 0 Å². The lowest BCUT2D eigenvalue weighted by Crippen LogP contribution is -2.15. The zero-order chi connectivity index (χ0) is 23.4. The third-order valence-electron chi connectivity index (χ3n) is 5.66. The second-order valence-corrected chi connectivity index (χ2v) is 9.15. The third-order valence-corrected chi connectivity index (χ3v) is 5.66. The number of carbonyl (C=O) groups excluding carboxylic acids is 1. The second kappa shape index (κ2) is 9.33. The molecule has 0 aliphatic carbocycles. The lowest BCUT2D eigenvalue weighted by molar-refractivity contribution is 0.102. The Morgan fingerprint density at radius 3 is 2.30 bits per heavy atom. The van der Waals surface area contributed by atoms with Gasteiger partial charge in [0.25, 0.3) is 5.91 Å². The Labute approximate surface area is 195 Å². The molecule has 0 aliphatic heterocycles. The molecule has 4 rings (SSSR count). The van der Waals surface area contributed by atoms with Crippen LogP contribution < -0.4 is 5.32 Å². The molecule has 0 atom stereocenters. The topological polar surface area (TPSA) is 67.8 Å². The first kappa shape index (κ1) is 22.3. The molecule has 166 valence electrons. The molecule has 0 radical (unpaired) electrons. The van der Waals surface area contributed by atoms with Gasteiger partial charge >= 0.3 is 0 Å². The highest BCUT2D eigenvalue weighted by atomic mass is 16.1. The van der Waals surface area contributed by atoms with Crippen LogP contribution in [-0.2, 0) is 11.8 Å². The number of hydrogen-bond donors (Lipinski definition) is 1. The SMILES string of the molecule is Cc1c(NC(=O)c2ccc(C(C)(C)C)cc2)cccc1-c1ncnc(Cc2ccccc2)n1. The smallest absolute Gasteiger partial charge is 0.255 e. The average molecular weight is 437 g/mol. The van der Waals surface area contributed by atoms with E-state index in [1.165, 1.54) is 5.56 Å². The van der Waals surface area contributed by atoms with E-state index in [9.17, 15) is 4.79 Å². The van der Waals surface area contributed by atoms with Gasteiger partial charge in [-0.2, -0.15) is 0 Å². The van der Waals surface area contributed by atoms with Crippen LogP contribution in [0.15, 0.2) is 79.1 Å². The van der Waals surface area contributed by atoms with Crippen molar-refractivity contribution >= 4 is 11.6 Å². The maximum absolute atomic E-state index is 12.9. The van der Waals surface area contributed by atoms with Crippen molar-refractivity contribution < 1.29 is 4.79 Å². The van der Waals surface area contributed by atoms with Crippen LogP contribution in [0.2, 0.25) is 0 Å². The summed E-state index contributed by atoms with van der Waals surface area (Å²) < 4.78 is 0. The minimum absolute atomic E-state index is 0.0455. The Balaban J connectivity index is 1.56. The highest BCUT2D eigenvalue weighted by Gasteiger charge is 2.16. The fourth-order valence-corrected chi connectivity index (χ4v) is 3.65. The highest BCUT2D eigenvalue weighted by Crippen LogP contribution is 2.27. The number of hydrogen-bond acceptors (Lipinski definition) is 4. The summed E-state index contributed by atoms with van der Waals surface area (Å²) in [6.45, 7) is 8.43. The van der Waals surface area contributed by atoms with Gasteiger partial charge in [0.2, 0.25) is 0 Å². The molecule has 3 aromatic carbocycles. The molecule has 4 aromatic rings. The van der Waals surface area contributed by atoms with Crippen LogP contribution in [0.4, 0.5) is 5.69 Å². The van der Waals surface area contributed by atoms with Gasteiger partial charge in [-0.15, -0.1) is 0 Å². The summed E-state index contributed by atoms with van der Waals surface area (Å²) in [7, 11) is 0. The number of amides is 1. The van der Waals surface area contributed by atoms with Crippen LogP contribution in [0.1, 0.15) is 53.6 Å². The third kappa shape index (κ3) is 5.32. The van der Waals surface area contributed by atoms with Gasteiger partial charge in [0.15, 0.2) is 5.82 Å². The zero-order valence-corrected chi connectivity index (χ0v) is 19.5. The van der Waals surface area contributed by atoms with E-state index in [1.807, 2.05) is 67.6 Å². The fourth-order valence-electron chi connectivity index (χ4n) is 3.65. The van der Waals surface area contributed by atoms with E-state index in [1.54, 1.807) is 6.33 Å². The number of rotatable bonds is 5. The number of aromatic nitrogens is 3. The van der Waals surface area contributed by atoms with Crippen LogP contribution in [0.5, 0.6) is 0 Å². The maximum atomic E-state index is 12.9. The molecule has 0 saturated carbocycles. The Kier molecular flexibility index (Phi) is 6.31. The first-order valence-electron chi connectivity index (χ1n) is 11.0. The largest absolute Gasteiger partial charge is 0.322 e. The standard InChI is InChI=1S/C28H28N4O/c1-19-23(26-30-18-29-25(32-26)17-20-9-6-5-7-10-20)11-8-12-24(19)31-27(33)21-13-15-22(16-14-21)28(2,3)4/h5-16,18H,17H2,1-4H3,(H,31,33). The summed E-state index contributed by atoms with van der Waals surface area (Å²) in [5.41, 5.74) is 5.52. The number of benzene rings is 3. The van der Waals surface area contributed by atoms with Crippen LogP contribution >= 0.6 is 0 Å². The zero-order valence-electron chi connectivity index (χ0n) is 19.5. The number of nitrogens with one attached hydrogen (secondary N) is 1. The number of anilines is 1. The van der Waals surface area contributed by atoms with Crippen LogP contribution in [-0.4, -0.2) is 20.9 Å². The first-order valence-corrected chi connectivity index (χ1v) is 11.0. The number of carbonyl (C=O) groups is 1.